The van der Waals surface area contributed by atoms with E-state index in [0.29, 0.717) is 18.7 Å². The Hall–Kier alpha value is -1.60. The first-order valence-electron chi connectivity index (χ1n) is 8.08. The van der Waals surface area contributed by atoms with E-state index >= 15 is 0 Å². The van der Waals surface area contributed by atoms with Crippen molar-refractivity contribution in [3.63, 3.8) is 0 Å². The lowest BCUT2D eigenvalue weighted by molar-refractivity contribution is 0.0583. The highest BCUT2D eigenvalue weighted by Crippen LogP contribution is 2.30. The SMILES string of the molecule is CN(C)C=NS(=O)(=O)c1cc(C(=O)N2CCCC(C)(C)C2)ccc1Cl. The fraction of sp³-hybridized carbons (Fsp3) is 0.529. The highest BCUT2D eigenvalue weighted by atomic mass is 35.5. The number of benzene rings is 1. The molecule has 1 aromatic carbocycles. The highest BCUT2D eigenvalue weighted by molar-refractivity contribution is 7.90. The average molecular weight is 386 g/mol. The molecule has 1 aliphatic rings. The van der Waals surface area contributed by atoms with E-state index < -0.39 is 10.0 Å². The van der Waals surface area contributed by atoms with E-state index in [4.69, 9.17) is 11.6 Å². The number of rotatable bonds is 4. The van der Waals surface area contributed by atoms with Crippen LogP contribution in [-0.4, -0.2) is 57.6 Å². The molecule has 138 valence electrons. The molecule has 1 fully saturated rings. The average Bonchev–Trinajstić information content (AvgIpc) is 2.51. The normalized spacial score (nSPS) is 17.7. The number of carbonyl (C=O) groups excluding carboxylic acids is 1. The summed E-state index contributed by atoms with van der Waals surface area (Å²) in [6.45, 7) is 5.57. The van der Waals surface area contributed by atoms with E-state index in [9.17, 15) is 13.2 Å². The van der Waals surface area contributed by atoms with E-state index in [1.165, 1.54) is 23.4 Å². The summed E-state index contributed by atoms with van der Waals surface area (Å²) < 4.78 is 28.3. The fourth-order valence-electron chi connectivity index (χ4n) is 2.83. The molecule has 0 bridgehead atoms. The van der Waals surface area contributed by atoms with Crippen LogP contribution in [0.2, 0.25) is 5.02 Å². The minimum Gasteiger partial charge on any atom is -0.368 e. The van der Waals surface area contributed by atoms with Gasteiger partial charge in [-0.15, -0.1) is 4.40 Å². The maximum absolute atomic E-state index is 12.8. The number of halogens is 1. The minimum atomic E-state index is -3.97. The Morgan fingerprint density at radius 1 is 1.36 bits per heavy atom. The van der Waals surface area contributed by atoms with Crippen molar-refractivity contribution in [1.82, 2.24) is 9.80 Å². The number of likely N-dealkylation sites (tertiary alicyclic amines) is 1. The van der Waals surface area contributed by atoms with Gasteiger partial charge in [0.1, 0.15) is 11.2 Å². The van der Waals surface area contributed by atoms with Crippen LogP contribution < -0.4 is 0 Å². The molecule has 0 aliphatic carbocycles. The van der Waals surface area contributed by atoms with Gasteiger partial charge >= 0.3 is 0 Å². The van der Waals surface area contributed by atoms with Crippen LogP contribution in [0.1, 0.15) is 37.0 Å². The summed E-state index contributed by atoms with van der Waals surface area (Å²) >= 11 is 6.04. The van der Waals surface area contributed by atoms with Gasteiger partial charge in [0.05, 0.1) is 5.02 Å². The first-order chi connectivity index (χ1) is 11.5. The van der Waals surface area contributed by atoms with Crippen molar-refractivity contribution in [2.45, 2.75) is 31.6 Å². The Labute approximate surface area is 154 Å². The minimum absolute atomic E-state index is 0.0476. The Kier molecular flexibility index (Phi) is 5.79. The summed E-state index contributed by atoms with van der Waals surface area (Å²) in [5, 5.41) is 0.0476. The standard InChI is InChI=1S/C17H24ClN3O3S/c1-17(2)8-5-9-21(11-17)16(22)13-6-7-14(18)15(10-13)25(23,24)19-12-20(3)4/h6-7,10,12H,5,8-9,11H2,1-4H3. The zero-order valence-corrected chi connectivity index (χ0v) is 16.6. The molecule has 1 heterocycles. The molecule has 0 radical (unpaired) electrons. The predicted molar refractivity (Wildman–Crippen MR) is 99.7 cm³/mol. The van der Waals surface area contributed by atoms with E-state index in [-0.39, 0.29) is 21.2 Å². The van der Waals surface area contributed by atoms with Crippen LogP contribution in [0.4, 0.5) is 0 Å². The second-order valence-electron chi connectivity index (χ2n) is 7.30. The van der Waals surface area contributed by atoms with Gasteiger partial charge in [0.15, 0.2) is 0 Å². The number of piperidine rings is 1. The molecule has 1 aromatic rings. The number of amides is 1. The van der Waals surface area contributed by atoms with Crippen molar-refractivity contribution in [2.75, 3.05) is 27.2 Å². The van der Waals surface area contributed by atoms with Crippen LogP contribution in [0.5, 0.6) is 0 Å². The van der Waals surface area contributed by atoms with E-state index in [1.54, 1.807) is 25.1 Å². The van der Waals surface area contributed by atoms with Crippen molar-refractivity contribution in [2.24, 2.45) is 9.81 Å². The maximum Gasteiger partial charge on any atom is 0.285 e. The Balaban J connectivity index is 2.34. The number of hydrogen-bond acceptors (Lipinski definition) is 3. The maximum atomic E-state index is 12.8. The van der Waals surface area contributed by atoms with Crippen LogP contribution in [0.25, 0.3) is 0 Å². The largest absolute Gasteiger partial charge is 0.368 e. The topological polar surface area (TPSA) is 70.0 Å². The Morgan fingerprint density at radius 2 is 2.04 bits per heavy atom. The summed E-state index contributed by atoms with van der Waals surface area (Å²) in [5.74, 6) is -0.183. The van der Waals surface area contributed by atoms with E-state index in [1.807, 2.05) is 0 Å². The van der Waals surface area contributed by atoms with E-state index in [2.05, 4.69) is 18.2 Å². The van der Waals surface area contributed by atoms with Crippen molar-refractivity contribution in [3.8, 4) is 0 Å². The number of carbonyl (C=O) groups is 1. The van der Waals surface area contributed by atoms with Crippen molar-refractivity contribution in [1.29, 1.82) is 0 Å². The van der Waals surface area contributed by atoms with Crippen LogP contribution >= 0.6 is 11.6 Å². The van der Waals surface area contributed by atoms with Crippen molar-refractivity contribution < 1.29 is 13.2 Å². The highest BCUT2D eigenvalue weighted by Gasteiger charge is 2.30. The molecule has 1 aliphatic heterocycles. The lowest BCUT2D eigenvalue weighted by Crippen LogP contribution is -2.43. The van der Waals surface area contributed by atoms with Crippen molar-refractivity contribution in [3.05, 3.63) is 28.8 Å². The van der Waals surface area contributed by atoms with Crippen LogP contribution in [0, 0.1) is 5.41 Å². The number of nitrogens with zero attached hydrogens (tertiary/aromatic N) is 3. The monoisotopic (exact) mass is 385 g/mol. The Bertz CT molecular complexity index is 788. The summed E-state index contributed by atoms with van der Waals surface area (Å²) in [6.07, 6.45) is 3.19. The molecule has 2 rings (SSSR count). The van der Waals surface area contributed by atoms with Gasteiger partial charge in [-0.1, -0.05) is 25.4 Å². The smallest absolute Gasteiger partial charge is 0.285 e. The first-order valence-corrected chi connectivity index (χ1v) is 9.89. The van der Waals surface area contributed by atoms with Gasteiger partial charge in [-0.2, -0.15) is 8.42 Å². The third-order valence-corrected chi connectivity index (χ3v) is 5.77. The second kappa shape index (κ2) is 7.33. The first kappa shape index (κ1) is 19.7. The van der Waals surface area contributed by atoms with Crippen LogP contribution in [0.3, 0.4) is 0 Å². The predicted octanol–water partition coefficient (Wildman–Crippen LogP) is 2.88. The molecule has 0 atom stereocenters. The van der Waals surface area contributed by atoms with Gasteiger partial charge in [-0.3, -0.25) is 4.79 Å². The molecule has 1 saturated heterocycles. The lowest BCUT2D eigenvalue weighted by atomic mass is 9.84. The quantitative estimate of drug-likeness (QED) is 0.590. The summed E-state index contributed by atoms with van der Waals surface area (Å²) in [4.78, 5) is 15.9. The second-order valence-corrected chi connectivity index (χ2v) is 9.31. The third-order valence-electron chi connectivity index (χ3n) is 4.06. The van der Waals surface area contributed by atoms with E-state index in [0.717, 1.165) is 12.8 Å². The molecule has 8 heteroatoms. The molecular formula is C17H24ClN3O3S. The fourth-order valence-corrected chi connectivity index (χ4v) is 4.25. The van der Waals surface area contributed by atoms with Gasteiger partial charge in [0.25, 0.3) is 15.9 Å². The zero-order valence-electron chi connectivity index (χ0n) is 15.0. The number of hydrogen-bond donors (Lipinski definition) is 0. The molecule has 0 aromatic heterocycles. The van der Waals surface area contributed by atoms with Gasteiger partial charge in [0.2, 0.25) is 0 Å². The molecule has 0 saturated carbocycles. The lowest BCUT2D eigenvalue weighted by Gasteiger charge is -2.38. The molecule has 25 heavy (non-hydrogen) atoms. The van der Waals surface area contributed by atoms with Crippen LogP contribution in [0.15, 0.2) is 27.5 Å². The van der Waals surface area contributed by atoms with Gasteiger partial charge in [0, 0.05) is 32.7 Å². The van der Waals surface area contributed by atoms with Crippen LogP contribution in [-0.2, 0) is 10.0 Å². The molecule has 0 N–H and O–H groups in total. The Morgan fingerprint density at radius 3 is 2.64 bits per heavy atom. The van der Waals surface area contributed by atoms with Crippen molar-refractivity contribution >= 4 is 33.9 Å². The van der Waals surface area contributed by atoms with Gasteiger partial charge < -0.3 is 9.80 Å². The molecule has 0 unspecified atom stereocenters. The summed E-state index contributed by atoms with van der Waals surface area (Å²) in [5.41, 5.74) is 0.367. The number of sulfonamides is 1. The molecule has 1 amide bonds. The third kappa shape index (κ3) is 4.95. The molecule has 0 spiro atoms. The summed E-state index contributed by atoms with van der Waals surface area (Å²) in [6, 6.07) is 4.30. The van der Waals surface area contributed by atoms with Gasteiger partial charge in [-0.25, -0.2) is 0 Å². The molecular weight excluding hydrogens is 362 g/mol. The zero-order chi connectivity index (χ0) is 18.8. The summed E-state index contributed by atoms with van der Waals surface area (Å²) in [7, 11) is -0.640. The molecule has 6 nitrogen and oxygen atoms in total. The van der Waals surface area contributed by atoms with Gasteiger partial charge in [-0.05, 0) is 36.5 Å².